The first-order valence-electron chi connectivity index (χ1n) is 10.3. The first-order valence-corrected chi connectivity index (χ1v) is 10.3. The number of para-hydroxylation sites is 1. The molecule has 0 saturated heterocycles. The molecule has 2 aromatic heterocycles. The number of anilines is 1. The van der Waals surface area contributed by atoms with E-state index >= 15 is 0 Å². The maximum atomic E-state index is 13.2. The number of aromatic nitrogens is 4. The lowest BCUT2D eigenvalue weighted by Gasteiger charge is -2.06. The third-order valence-corrected chi connectivity index (χ3v) is 5.36. The van der Waals surface area contributed by atoms with E-state index in [0.29, 0.717) is 5.69 Å². The van der Waals surface area contributed by atoms with Crippen molar-refractivity contribution in [3.8, 4) is 11.4 Å². The van der Waals surface area contributed by atoms with Crippen molar-refractivity contribution in [3.63, 3.8) is 0 Å². The Morgan fingerprint density at radius 3 is 2.12 bits per heavy atom. The van der Waals surface area contributed by atoms with Gasteiger partial charge in [0.05, 0.1) is 34.1 Å². The molecule has 0 aliphatic heterocycles. The van der Waals surface area contributed by atoms with Crippen LogP contribution in [-0.2, 0) is 4.79 Å². The zero-order valence-corrected chi connectivity index (χ0v) is 18.4. The Balaban J connectivity index is 1.55. The number of hydrogen-bond acceptors (Lipinski definition) is 3. The fourth-order valence-electron chi connectivity index (χ4n) is 3.70. The van der Waals surface area contributed by atoms with Gasteiger partial charge in [-0.05, 0) is 70.2 Å². The molecule has 1 N–H and O–H groups in total. The second-order valence-electron chi connectivity index (χ2n) is 7.59. The molecule has 4 aromatic rings. The lowest BCUT2D eigenvalue weighted by atomic mass is 10.2. The number of amides is 1. The zero-order chi connectivity index (χ0) is 22.8. The molecule has 32 heavy (non-hydrogen) atoms. The molecule has 7 heteroatoms. The molecule has 0 bridgehead atoms. The monoisotopic (exact) mass is 429 g/mol. The molecule has 0 spiro atoms. The number of rotatable bonds is 5. The molecular weight excluding hydrogens is 405 g/mol. The van der Waals surface area contributed by atoms with E-state index in [0.717, 1.165) is 39.7 Å². The van der Waals surface area contributed by atoms with Gasteiger partial charge in [0.25, 0.3) is 0 Å². The van der Waals surface area contributed by atoms with E-state index in [9.17, 15) is 9.18 Å². The van der Waals surface area contributed by atoms with Gasteiger partial charge < -0.3 is 5.32 Å². The van der Waals surface area contributed by atoms with Gasteiger partial charge in [0.15, 0.2) is 0 Å². The van der Waals surface area contributed by atoms with Gasteiger partial charge in [-0.3, -0.25) is 4.79 Å². The second-order valence-corrected chi connectivity index (χ2v) is 7.59. The van der Waals surface area contributed by atoms with Crippen LogP contribution in [0.15, 0.2) is 60.7 Å². The quantitative estimate of drug-likeness (QED) is 0.450. The van der Waals surface area contributed by atoms with E-state index in [4.69, 9.17) is 0 Å². The number of aryl methyl sites for hydroxylation is 2. The van der Waals surface area contributed by atoms with Crippen LogP contribution in [0.2, 0.25) is 0 Å². The highest BCUT2D eigenvalue weighted by Crippen LogP contribution is 2.23. The maximum absolute atomic E-state index is 13.2. The van der Waals surface area contributed by atoms with Crippen LogP contribution < -0.4 is 5.32 Å². The van der Waals surface area contributed by atoms with Crippen LogP contribution in [0.25, 0.3) is 17.5 Å². The predicted molar refractivity (Wildman–Crippen MR) is 124 cm³/mol. The summed E-state index contributed by atoms with van der Waals surface area (Å²) in [5.41, 5.74) is 6.47. The standard InChI is InChI=1S/C25H24FN5O/c1-16-23(18(3)30(28-16)22-12-10-20(26)11-13-22)14-15-24(32)27-25-17(2)29-31(19(25)4)21-8-6-5-7-9-21/h5-15H,1-4H3,(H,27,32)/b15-14+. The summed E-state index contributed by atoms with van der Waals surface area (Å²) < 4.78 is 16.8. The van der Waals surface area contributed by atoms with Gasteiger partial charge in [0.1, 0.15) is 5.82 Å². The Kier molecular flexibility index (Phi) is 5.73. The number of nitrogens with zero attached hydrogens (tertiary/aromatic N) is 4. The lowest BCUT2D eigenvalue weighted by molar-refractivity contribution is -0.111. The van der Waals surface area contributed by atoms with Crippen molar-refractivity contribution < 1.29 is 9.18 Å². The van der Waals surface area contributed by atoms with Gasteiger partial charge in [0, 0.05) is 17.3 Å². The molecule has 2 aromatic carbocycles. The summed E-state index contributed by atoms with van der Waals surface area (Å²) in [6.07, 6.45) is 3.24. The molecular formula is C25H24FN5O. The average molecular weight is 429 g/mol. The molecule has 0 unspecified atom stereocenters. The third-order valence-electron chi connectivity index (χ3n) is 5.36. The first kappa shape index (κ1) is 21.2. The molecule has 4 rings (SSSR count). The number of hydrogen-bond donors (Lipinski definition) is 1. The van der Waals surface area contributed by atoms with E-state index in [1.54, 1.807) is 22.9 Å². The molecule has 0 atom stereocenters. The van der Waals surface area contributed by atoms with Crippen LogP contribution in [0.3, 0.4) is 0 Å². The van der Waals surface area contributed by atoms with Crippen LogP contribution in [0.4, 0.5) is 10.1 Å². The highest BCUT2D eigenvalue weighted by Gasteiger charge is 2.15. The maximum Gasteiger partial charge on any atom is 0.248 e. The molecule has 162 valence electrons. The largest absolute Gasteiger partial charge is 0.319 e. The van der Waals surface area contributed by atoms with Crippen molar-refractivity contribution in [3.05, 3.63) is 94.8 Å². The molecule has 2 heterocycles. The molecule has 0 fully saturated rings. The SMILES string of the molecule is Cc1nn(-c2ccc(F)cc2)c(C)c1/C=C/C(=O)Nc1c(C)nn(-c2ccccc2)c1C. The Hall–Kier alpha value is -4.00. The number of carbonyl (C=O) groups is 1. The minimum Gasteiger partial charge on any atom is -0.319 e. The fraction of sp³-hybridized carbons (Fsp3) is 0.160. The van der Waals surface area contributed by atoms with Crippen molar-refractivity contribution in [2.75, 3.05) is 5.32 Å². The number of benzene rings is 2. The number of halogens is 1. The van der Waals surface area contributed by atoms with Crippen molar-refractivity contribution in [1.82, 2.24) is 19.6 Å². The van der Waals surface area contributed by atoms with Gasteiger partial charge in [-0.15, -0.1) is 0 Å². The number of carbonyl (C=O) groups excluding carboxylic acids is 1. The molecule has 1 amide bonds. The minimum absolute atomic E-state index is 0.253. The highest BCUT2D eigenvalue weighted by molar-refractivity contribution is 6.02. The fourth-order valence-corrected chi connectivity index (χ4v) is 3.70. The summed E-state index contributed by atoms with van der Waals surface area (Å²) in [6, 6.07) is 15.9. The van der Waals surface area contributed by atoms with Gasteiger partial charge in [-0.1, -0.05) is 18.2 Å². The molecule has 0 aliphatic rings. The highest BCUT2D eigenvalue weighted by atomic mass is 19.1. The van der Waals surface area contributed by atoms with E-state index < -0.39 is 0 Å². The lowest BCUT2D eigenvalue weighted by Crippen LogP contribution is -2.09. The summed E-state index contributed by atoms with van der Waals surface area (Å²) in [5.74, 6) is -0.551. The predicted octanol–water partition coefficient (Wildman–Crippen LogP) is 5.08. The van der Waals surface area contributed by atoms with Crippen molar-refractivity contribution >= 4 is 17.7 Å². The average Bonchev–Trinajstić information content (AvgIpc) is 3.23. The minimum atomic E-state index is -0.298. The van der Waals surface area contributed by atoms with Crippen molar-refractivity contribution in [2.24, 2.45) is 0 Å². The van der Waals surface area contributed by atoms with E-state index in [2.05, 4.69) is 15.5 Å². The molecule has 0 radical (unpaired) electrons. The topological polar surface area (TPSA) is 64.7 Å². The van der Waals surface area contributed by atoms with E-state index in [1.165, 1.54) is 18.2 Å². The summed E-state index contributed by atoms with van der Waals surface area (Å²) in [7, 11) is 0. The van der Waals surface area contributed by atoms with Gasteiger partial charge in [0.2, 0.25) is 5.91 Å². The molecule has 0 saturated carbocycles. The zero-order valence-electron chi connectivity index (χ0n) is 18.4. The summed E-state index contributed by atoms with van der Waals surface area (Å²) in [6.45, 7) is 7.59. The summed E-state index contributed by atoms with van der Waals surface area (Å²) in [4.78, 5) is 12.7. The van der Waals surface area contributed by atoms with Crippen LogP contribution in [0.1, 0.15) is 28.3 Å². The Morgan fingerprint density at radius 1 is 0.844 bits per heavy atom. The van der Waals surface area contributed by atoms with Gasteiger partial charge in [-0.25, -0.2) is 13.8 Å². The Morgan fingerprint density at radius 2 is 1.44 bits per heavy atom. The molecule has 6 nitrogen and oxygen atoms in total. The van der Waals surface area contributed by atoms with Crippen molar-refractivity contribution in [1.29, 1.82) is 0 Å². The van der Waals surface area contributed by atoms with Crippen LogP contribution in [0, 0.1) is 33.5 Å². The first-order chi connectivity index (χ1) is 15.3. The normalized spacial score (nSPS) is 11.3. The van der Waals surface area contributed by atoms with Crippen LogP contribution in [0.5, 0.6) is 0 Å². The van der Waals surface area contributed by atoms with Crippen LogP contribution in [-0.4, -0.2) is 25.5 Å². The second kappa shape index (κ2) is 8.63. The van der Waals surface area contributed by atoms with Crippen LogP contribution >= 0.6 is 0 Å². The van der Waals surface area contributed by atoms with Crippen molar-refractivity contribution in [2.45, 2.75) is 27.7 Å². The smallest absolute Gasteiger partial charge is 0.248 e. The van der Waals surface area contributed by atoms with Gasteiger partial charge in [-0.2, -0.15) is 10.2 Å². The van der Waals surface area contributed by atoms with E-state index in [-0.39, 0.29) is 11.7 Å². The molecule has 0 aliphatic carbocycles. The van der Waals surface area contributed by atoms with E-state index in [1.807, 2.05) is 62.7 Å². The Labute approximate surface area is 186 Å². The van der Waals surface area contributed by atoms with Gasteiger partial charge >= 0.3 is 0 Å². The summed E-state index contributed by atoms with van der Waals surface area (Å²) in [5, 5.41) is 12.0. The third kappa shape index (κ3) is 4.09. The summed E-state index contributed by atoms with van der Waals surface area (Å²) >= 11 is 0. The number of nitrogens with one attached hydrogen (secondary N) is 1. The Bertz CT molecular complexity index is 1300.